The average Bonchev–Trinajstić information content (AvgIpc) is 2.92. The van der Waals surface area contributed by atoms with E-state index in [1.54, 1.807) is 0 Å². The first-order valence-corrected chi connectivity index (χ1v) is 24.2. The molecule has 0 spiro atoms. The Hall–Kier alpha value is 0.720. The SMILES string of the molecule is CCCCCCCCCCCCCCCCCCCCCCCCCCCCCCCCCCCCP(C)(C)(C)Cl. The van der Waals surface area contributed by atoms with Crippen molar-refractivity contribution in [3.05, 3.63) is 0 Å². The Bertz CT molecular complexity index is 484. The second-order valence-electron chi connectivity index (χ2n) is 15.3. The summed E-state index contributed by atoms with van der Waals surface area (Å²) < 4.78 is 0. The van der Waals surface area contributed by atoms with Crippen LogP contribution in [0.5, 0.6) is 0 Å². The fourth-order valence-electron chi connectivity index (χ4n) is 6.38. The molecule has 0 radical (unpaired) electrons. The van der Waals surface area contributed by atoms with Gasteiger partial charge in [0.05, 0.1) is 0 Å². The van der Waals surface area contributed by atoms with Crippen LogP contribution in [-0.2, 0) is 0 Å². The molecule has 0 saturated heterocycles. The van der Waals surface area contributed by atoms with Crippen molar-refractivity contribution in [2.24, 2.45) is 0 Å². The standard InChI is InChI=1S/C39H82ClP/c1-5-6-7-8-9-10-11-12-13-14-15-16-17-18-19-20-21-22-23-24-25-26-27-28-29-30-31-32-33-34-35-36-37-38-39-41(2,3,4)40/h5-39H2,1-4H3. The molecule has 0 rings (SSSR count). The predicted molar refractivity (Wildman–Crippen MR) is 198 cm³/mol. The molecule has 0 aliphatic heterocycles. The molecule has 0 aliphatic carbocycles. The Morgan fingerprint density at radius 3 is 0.561 bits per heavy atom. The van der Waals surface area contributed by atoms with Crippen LogP contribution in [0.15, 0.2) is 0 Å². The summed E-state index contributed by atoms with van der Waals surface area (Å²) in [6.45, 7) is 9.17. The van der Waals surface area contributed by atoms with Gasteiger partial charge in [-0.1, -0.05) is 155 Å². The number of hydrogen-bond acceptors (Lipinski definition) is 0. The van der Waals surface area contributed by atoms with Crippen LogP contribution in [-0.4, -0.2) is 26.2 Å². The molecular weight excluding hydrogens is 535 g/mol. The van der Waals surface area contributed by atoms with Crippen molar-refractivity contribution >= 4 is 17.2 Å². The summed E-state index contributed by atoms with van der Waals surface area (Å²) in [5, 5.41) is 0. The van der Waals surface area contributed by atoms with Crippen molar-refractivity contribution in [2.75, 3.05) is 26.2 Å². The van der Waals surface area contributed by atoms with Gasteiger partial charge in [0.15, 0.2) is 0 Å². The van der Waals surface area contributed by atoms with Crippen LogP contribution in [0.4, 0.5) is 0 Å². The number of hydrogen-bond donors (Lipinski definition) is 0. The van der Waals surface area contributed by atoms with E-state index in [4.69, 9.17) is 11.2 Å². The Balaban J connectivity index is 3.07. The molecule has 250 valence electrons. The molecule has 0 amide bonds. The Morgan fingerprint density at radius 2 is 0.415 bits per heavy atom. The van der Waals surface area contributed by atoms with Gasteiger partial charge in [-0.05, 0) is 0 Å². The molecule has 0 saturated carbocycles. The summed E-state index contributed by atoms with van der Waals surface area (Å²) in [5.41, 5.74) is 0. The van der Waals surface area contributed by atoms with Crippen LogP contribution in [0.25, 0.3) is 0 Å². The third kappa shape index (κ3) is 40.7. The molecule has 0 aromatic carbocycles. The van der Waals surface area contributed by atoms with Crippen LogP contribution in [0.3, 0.4) is 0 Å². The third-order valence-electron chi connectivity index (χ3n) is 9.27. The molecule has 0 aliphatic rings. The molecule has 0 nitrogen and oxygen atoms in total. The number of rotatable bonds is 35. The van der Waals surface area contributed by atoms with E-state index in [-0.39, 0.29) is 0 Å². The van der Waals surface area contributed by atoms with Crippen molar-refractivity contribution in [1.82, 2.24) is 0 Å². The molecule has 0 N–H and O–H groups in total. The molecular formula is C39H82ClP. The predicted octanol–water partition coefficient (Wildman–Crippen LogP) is 15.9. The fourth-order valence-corrected chi connectivity index (χ4v) is 8.03. The van der Waals surface area contributed by atoms with E-state index in [9.17, 15) is 0 Å². The molecule has 0 fully saturated rings. The minimum absolute atomic E-state index is 1.26. The monoisotopic (exact) mass is 617 g/mol. The third-order valence-corrected chi connectivity index (χ3v) is 11.6. The maximum atomic E-state index is 6.64. The Kier molecular flexibility index (Phi) is 31.3. The van der Waals surface area contributed by atoms with Gasteiger partial charge < -0.3 is 0 Å². The first kappa shape index (κ1) is 41.7. The second-order valence-corrected chi connectivity index (χ2v) is 25.3. The van der Waals surface area contributed by atoms with Gasteiger partial charge >= 0.3 is 114 Å². The minimum atomic E-state index is -1.77. The van der Waals surface area contributed by atoms with Gasteiger partial charge in [-0.3, -0.25) is 0 Å². The van der Waals surface area contributed by atoms with E-state index in [1.165, 1.54) is 224 Å². The topological polar surface area (TPSA) is 0 Å². The van der Waals surface area contributed by atoms with Crippen molar-refractivity contribution in [3.8, 4) is 0 Å². The normalized spacial score (nSPS) is 13.0. The molecule has 0 unspecified atom stereocenters. The Morgan fingerprint density at radius 1 is 0.268 bits per heavy atom. The zero-order valence-electron chi connectivity index (χ0n) is 29.6. The molecule has 0 atom stereocenters. The molecule has 0 aromatic rings. The molecule has 0 bridgehead atoms. The van der Waals surface area contributed by atoms with Crippen LogP contribution in [0.1, 0.15) is 225 Å². The van der Waals surface area contributed by atoms with Gasteiger partial charge in [-0.25, -0.2) is 0 Å². The summed E-state index contributed by atoms with van der Waals surface area (Å²) in [7, 11) is 0. The number of halogens is 1. The van der Waals surface area contributed by atoms with E-state index >= 15 is 0 Å². The van der Waals surface area contributed by atoms with Crippen LogP contribution in [0.2, 0.25) is 0 Å². The zero-order valence-corrected chi connectivity index (χ0v) is 31.2. The summed E-state index contributed by atoms with van der Waals surface area (Å²) in [5.74, 6) is -1.77. The van der Waals surface area contributed by atoms with Gasteiger partial charge in [-0.15, -0.1) is 0 Å². The first-order chi connectivity index (χ1) is 19.8. The van der Waals surface area contributed by atoms with Gasteiger partial charge in [0.25, 0.3) is 0 Å². The van der Waals surface area contributed by atoms with E-state index in [0.29, 0.717) is 0 Å². The van der Waals surface area contributed by atoms with Crippen molar-refractivity contribution in [2.45, 2.75) is 225 Å². The van der Waals surface area contributed by atoms with Crippen molar-refractivity contribution < 1.29 is 0 Å². The summed E-state index contributed by atoms with van der Waals surface area (Å²) >= 11 is 6.64. The van der Waals surface area contributed by atoms with Crippen molar-refractivity contribution in [3.63, 3.8) is 0 Å². The average molecular weight is 618 g/mol. The Labute approximate surface area is 267 Å². The number of unbranched alkanes of at least 4 members (excludes halogenated alkanes) is 33. The quantitative estimate of drug-likeness (QED) is 0.0490. The first-order valence-electron chi connectivity index (χ1n) is 19.5. The van der Waals surface area contributed by atoms with E-state index in [2.05, 4.69) is 26.9 Å². The fraction of sp³-hybridized carbons (Fsp3) is 1.00. The van der Waals surface area contributed by atoms with Gasteiger partial charge in [0, 0.05) is 0 Å². The van der Waals surface area contributed by atoms with Gasteiger partial charge in [-0.2, -0.15) is 0 Å². The molecule has 0 aromatic heterocycles. The van der Waals surface area contributed by atoms with Crippen LogP contribution in [0, 0.1) is 0 Å². The summed E-state index contributed by atoms with van der Waals surface area (Å²) in [4.78, 5) is 0. The van der Waals surface area contributed by atoms with Gasteiger partial charge in [0.1, 0.15) is 0 Å². The summed E-state index contributed by atoms with van der Waals surface area (Å²) in [6, 6.07) is 0. The maximum absolute atomic E-state index is 6.64. The zero-order chi connectivity index (χ0) is 30.2. The second kappa shape index (κ2) is 30.7. The molecule has 41 heavy (non-hydrogen) atoms. The van der Waals surface area contributed by atoms with E-state index < -0.39 is 5.96 Å². The summed E-state index contributed by atoms with van der Waals surface area (Å²) in [6.07, 6.45) is 51.2. The van der Waals surface area contributed by atoms with Crippen molar-refractivity contribution in [1.29, 1.82) is 0 Å². The van der Waals surface area contributed by atoms with Gasteiger partial charge in [0.2, 0.25) is 0 Å². The van der Waals surface area contributed by atoms with Crippen LogP contribution >= 0.6 is 17.2 Å². The van der Waals surface area contributed by atoms with E-state index in [1.807, 2.05) is 0 Å². The molecule has 0 heterocycles. The molecule has 2 heteroatoms. The van der Waals surface area contributed by atoms with Crippen LogP contribution < -0.4 is 0 Å². The van der Waals surface area contributed by atoms with E-state index in [0.717, 1.165) is 0 Å².